The molecule has 0 saturated carbocycles. The van der Waals surface area contributed by atoms with Crippen molar-refractivity contribution in [3.05, 3.63) is 104 Å². The number of ether oxygens (including phenoxy) is 1. The molecule has 0 amide bonds. The minimum atomic E-state index is -4.45. The molecule has 2 heterocycles. The molecule has 0 saturated heterocycles. The van der Waals surface area contributed by atoms with Gasteiger partial charge in [-0.25, -0.2) is 9.78 Å². The molecule has 0 bridgehead atoms. The first-order valence-corrected chi connectivity index (χ1v) is 9.65. The standard InChI is InChI=1S/C23H18F3N3O3/c1-32-18-10-6-16(7-11-18)14-29-21(30)20-19(3-2-12-27-20)28(22(29)31)13-15-4-8-17(9-5-15)23(24,25)26/h2-12H,13-14H2,1H3. The number of nitrogens with zero attached hydrogens (tertiary/aromatic N) is 3. The summed E-state index contributed by atoms with van der Waals surface area (Å²) in [6.07, 6.45) is -2.99. The molecule has 164 valence electrons. The fourth-order valence-electron chi connectivity index (χ4n) is 3.43. The van der Waals surface area contributed by atoms with Crippen LogP contribution in [0.2, 0.25) is 0 Å². The number of alkyl halides is 3. The van der Waals surface area contributed by atoms with Crippen molar-refractivity contribution < 1.29 is 17.9 Å². The molecule has 2 aromatic carbocycles. The van der Waals surface area contributed by atoms with E-state index in [0.29, 0.717) is 22.4 Å². The first-order chi connectivity index (χ1) is 15.3. The van der Waals surface area contributed by atoms with Crippen LogP contribution in [0, 0.1) is 0 Å². The summed E-state index contributed by atoms with van der Waals surface area (Å²) in [6, 6.07) is 14.7. The van der Waals surface area contributed by atoms with E-state index in [1.807, 2.05) is 0 Å². The molecule has 0 aliphatic rings. The summed E-state index contributed by atoms with van der Waals surface area (Å²) in [7, 11) is 1.54. The van der Waals surface area contributed by atoms with Gasteiger partial charge in [0.05, 0.1) is 31.3 Å². The highest BCUT2D eigenvalue weighted by Crippen LogP contribution is 2.29. The van der Waals surface area contributed by atoms with Crippen LogP contribution < -0.4 is 16.0 Å². The molecule has 6 nitrogen and oxygen atoms in total. The Morgan fingerprint density at radius 3 is 2.06 bits per heavy atom. The normalized spacial score (nSPS) is 11.6. The number of rotatable bonds is 5. The van der Waals surface area contributed by atoms with Crippen LogP contribution >= 0.6 is 0 Å². The molecule has 9 heteroatoms. The van der Waals surface area contributed by atoms with E-state index in [1.54, 1.807) is 36.4 Å². The largest absolute Gasteiger partial charge is 0.497 e. The maximum atomic E-state index is 13.3. The number of benzene rings is 2. The molecule has 0 fully saturated rings. The van der Waals surface area contributed by atoms with Gasteiger partial charge in [-0.3, -0.25) is 13.9 Å². The van der Waals surface area contributed by atoms with Crippen LogP contribution in [0.15, 0.2) is 76.4 Å². The van der Waals surface area contributed by atoms with Crippen LogP contribution in [0.4, 0.5) is 13.2 Å². The molecule has 4 aromatic rings. The third-order valence-corrected chi connectivity index (χ3v) is 5.11. The van der Waals surface area contributed by atoms with Crippen molar-refractivity contribution >= 4 is 11.0 Å². The van der Waals surface area contributed by atoms with Gasteiger partial charge in [0.15, 0.2) is 5.52 Å². The van der Waals surface area contributed by atoms with Gasteiger partial charge >= 0.3 is 11.9 Å². The molecule has 0 spiro atoms. The van der Waals surface area contributed by atoms with Crippen molar-refractivity contribution in [1.82, 2.24) is 14.1 Å². The molecule has 0 radical (unpaired) electrons. The minimum Gasteiger partial charge on any atom is -0.497 e. The topological polar surface area (TPSA) is 66.1 Å². The van der Waals surface area contributed by atoms with Crippen molar-refractivity contribution in [2.75, 3.05) is 7.11 Å². The maximum absolute atomic E-state index is 13.3. The van der Waals surface area contributed by atoms with Crippen molar-refractivity contribution in [3.8, 4) is 5.75 Å². The highest BCUT2D eigenvalue weighted by atomic mass is 19.4. The molecule has 0 atom stereocenters. The minimum absolute atomic E-state index is 0.0118. The van der Waals surface area contributed by atoms with Crippen LogP contribution in [0.5, 0.6) is 5.75 Å². The van der Waals surface area contributed by atoms with Crippen molar-refractivity contribution in [2.24, 2.45) is 0 Å². The average molecular weight is 441 g/mol. The summed E-state index contributed by atoms with van der Waals surface area (Å²) < 4.78 is 46.1. The number of fused-ring (bicyclic) bond motifs is 1. The van der Waals surface area contributed by atoms with E-state index in [-0.39, 0.29) is 18.6 Å². The first-order valence-electron chi connectivity index (χ1n) is 9.65. The Kier molecular flexibility index (Phi) is 5.56. The van der Waals surface area contributed by atoms with E-state index < -0.39 is 23.0 Å². The molecule has 0 unspecified atom stereocenters. The van der Waals surface area contributed by atoms with E-state index >= 15 is 0 Å². The summed E-state index contributed by atoms with van der Waals surface area (Å²) in [4.78, 5) is 30.4. The van der Waals surface area contributed by atoms with Gasteiger partial charge in [-0.2, -0.15) is 13.2 Å². The predicted octanol–water partition coefficient (Wildman–Crippen LogP) is 3.68. The lowest BCUT2D eigenvalue weighted by atomic mass is 10.1. The summed E-state index contributed by atoms with van der Waals surface area (Å²) in [5.41, 5.74) is -0.275. The van der Waals surface area contributed by atoms with Crippen LogP contribution in [0.25, 0.3) is 11.0 Å². The number of pyridine rings is 1. The number of hydrogen-bond donors (Lipinski definition) is 0. The summed E-state index contributed by atoms with van der Waals surface area (Å²) in [5.74, 6) is 0.640. The highest BCUT2D eigenvalue weighted by molar-refractivity contribution is 5.73. The van der Waals surface area contributed by atoms with Gasteiger partial charge in [0, 0.05) is 6.20 Å². The Hall–Kier alpha value is -3.88. The Bertz CT molecular complexity index is 1370. The average Bonchev–Trinajstić information content (AvgIpc) is 2.79. The van der Waals surface area contributed by atoms with E-state index in [0.717, 1.165) is 16.7 Å². The fraction of sp³-hybridized carbons (Fsp3) is 0.174. The van der Waals surface area contributed by atoms with Crippen molar-refractivity contribution in [3.63, 3.8) is 0 Å². The smallest absolute Gasteiger partial charge is 0.416 e. The Labute approximate surface area is 180 Å². The summed E-state index contributed by atoms with van der Waals surface area (Å²) in [5, 5.41) is 0. The number of halogens is 3. The Morgan fingerprint density at radius 2 is 1.47 bits per heavy atom. The second-order valence-corrected chi connectivity index (χ2v) is 7.17. The zero-order chi connectivity index (χ0) is 22.9. The first kappa shape index (κ1) is 21.4. The zero-order valence-corrected chi connectivity index (χ0v) is 17.0. The second-order valence-electron chi connectivity index (χ2n) is 7.17. The molecule has 32 heavy (non-hydrogen) atoms. The van der Waals surface area contributed by atoms with Gasteiger partial charge in [-0.1, -0.05) is 24.3 Å². The van der Waals surface area contributed by atoms with Crippen molar-refractivity contribution in [1.29, 1.82) is 0 Å². The number of methoxy groups -OCH3 is 1. The molecule has 0 aliphatic heterocycles. The highest BCUT2D eigenvalue weighted by Gasteiger charge is 2.30. The lowest BCUT2D eigenvalue weighted by Gasteiger charge is -2.14. The third kappa shape index (κ3) is 4.14. The monoisotopic (exact) mass is 441 g/mol. The molecule has 4 rings (SSSR count). The molecular formula is C23H18F3N3O3. The van der Waals surface area contributed by atoms with E-state index in [9.17, 15) is 22.8 Å². The number of aromatic nitrogens is 3. The SMILES string of the molecule is COc1ccc(Cn2c(=O)c3ncccc3n(Cc3ccc(C(F)(F)F)cc3)c2=O)cc1. The van der Waals surface area contributed by atoms with Gasteiger partial charge < -0.3 is 4.74 Å². The summed E-state index contributed by atoms with van der Waals surface area (Å²) >= 11 is 0. The van der Waals surface area contributed by atoms with Crippen molar-refractivity contribution in [2.45, 2.75) is 19.3 Å². The molecule has 0 N–H and O–H groups in total. The van der Waals surface area contributed by atoms with Crippen LogP contribution in [0.3, 0.4) is 0 Å². The quantitative estimate of drug-likeness (QED) is 0.474. The van der Waals surface area contributed by atoms with Crippen LogP contribution in [-0.4, -0.2) is 21.2 Å². The Balaban J connectivity index is 1.79. The second kappa shape index (κ2) is 8.33. The van der Waals surface area contributed by atoms with Crippen LogP contribution in [0.1, 0.15) is 16.7 Å². The zero-order valence-electron chi connectivity index (χ0n) is 17.0. The van der Waals surface area contributed by atoms with Crippen LogP contribution in [-0.2, 0) is 19.3 Å². The molecular weight excluding hydrogens is 423 g/mol. The summed E-state index contributed by atoms with van der Waals surface area (Å²) in [6.45, 7) is 0.00322. The third-order valence-electron chi connectivity index (χ3n) is 5.11. The molecule has 0 aliphatic carbocycles. The van der Waals surface area contributed by atoms with Gasteiger partial charge in [0.2, 0.25) is 0 Å². The maximum Gasteiger partial charge on any atom is 0.416 e. The van der Waals surface area contributed by atoms with Gasteiger partial charge in [-0.15, -0.1) is 0 Å². The number of hydrogen-bond acceptors (Lipinski definition) is 4. The van der Waals surface area contributed by atoms with Gasteiger partial charge in [0.1, 0.15) is 5.75 Å². The fourth-order valence-corrected chi connectivity index (χ4v) is 3.43. The van der Waals surface area contributed by atoms with E-state index in [2.05, 4.69) is 4.98 Å². The lowest BCUT2D eigenvalue weighted by Crippen LogP contribution is -2.40. The van der Waals surface area contributed by atoms with E-state index in [4.69, 9.17) is 4.74 Å². The lowest BCUT2D eigenvalue weighted by molar-refractivity contribution is -0.137. The molecule has 2 aromatic heterocycles. The van der Waals surface area contributed by atoms with E-state index in [1.165, 1.54) is 30.0 Å². The Morgan fingerprint density at radius 1 is 0.875 bits per heavy atom. The predicted molar refractivity (Wildman–Crippen MR) is 113 cm³/mol. The van der Waals surface area contributed by atoms with Gasteiger partial charge in [-0.05, 0) is 47.5 Å². The van der Waals surface area contributed by atoms with Gasteiger partial charge in [0.25, 0.3) is 5.56 Å².